The van der Waals surface area contributed by atoms with Crippen LogP contribution in [0.2, 0.25) is 0 Å². The lowest BCUT2D eigenvalue weighted by atomic mass is 9.43. The van der Waals surface area contributed by atoms with Crippen molar-refractivity contribution in [2.75, 3.05) is 41.0 Å². The molecule has 6 rings (SSSR count). The van der Waals surface area contributed by atoms with Gasteiger partial charge in [-0.3, -0.25) is 9.69 Å². The van der Waals surface area contributed by atoms with Crippen LogP contribution >= 0.6 is 0 Å². The number of aliphatic hydroxyl groups is 3. The predicted molar refractivity (Wildman–Crippen MR) is 113 cm³/mol. The number of likely N-dealkylation sites (tertiary alicyclic amines) is 1. The summed E-state index contributed by atoms with van der Waals surface area (Å²) in [5.74, 6) is -1.43. The van der Waals surface area contributed by atoms with Gasteiger partial charge in [0.1, 0.15) is 17.0 Å². The van der Waals surface area contributed by atoms with Crippen LogP contribution in [0.1, 0.15) is 32.6 Å². The molecule has 0 aromatic carbocycles. The van der Waals surface area contributed by atoms with E-state index in [1.54, 1.807) is 21.3 Å². The standard InChI is InChI=1S/C24H37NO7/c1-5-25-10-21(11-30-2)7-6-15(26)23-13-8-12-14(31-3)9-22(28,16(13)17(12)27)24(29,20(23)25)19(32-4)18(21)23/h12-16,18-20,26,28-29H,5-11H2,1-4H3/t12-,13-,14+,15+,16-,18-,19+,20+,21+,22-,23+,24+/m1/s1. The molecular formula is C24H37NO7. The Labute approximate surface area is 189 Å². The Morgan fingerprint density at radius 3 is 2.56 bits per heavy atom. The van der Waals surface area contributed by atoms with Gasteiger partial charge in [0.05, 0.1) is 36.9 Å². The maximum Gasteiger partial charge on any atom is 0.144 e. The Morgan fingerprint density at radius 2 is 1.94 bits per heavy atom. The molecule has 5 aliphatic carbocycles. The van der Waals surface area contributed by atoms with E-state index < -0.39 is 46.9 Å². The molecule has 0 unspecified atom stereocenters. The van der Waals surface area contributed by atoms with Crippen LogP contribution in [0, 0.1) is 34.5 Å². The second-order valence-electron chi connectivity index (χ2n) is 11.5. The van der Waals surface area contributed by atoms with Gasteiger partial charge in [0.25, 0.3) is 0 Å². The molecule has 12 atom stereocenters. The minimum Gasteiger partial charge on any atom is -0.392 e. The summed E-state index contributed by atoms with van der Waals surface area (Å²) in [6.45, 7) is 3.96. The number of Topliss-reactive ketones (excluding diaryl/α,β-unsaturated/α-hetero) is 1. The summed E-state index contributed by atoms with van der Waals surface area (Å²) < 4.78 is 17.6. The normalized spacial score (nSPS) is 60.2. The average molecular weight is 452 g/mol. The number of carbonyl (C=O) groups is 1. The fourth-order valence-electron chi connectivity index (χ4n) is 10.4. The molecule has 1 heterocycles. The molecular weight excluding hydrogens is 414 g/mol. The third-order valence-electron chi connectivity index (χ3n) is 11.0. The molecule has 6 fully saturated rings. The van der Waals surface area contributed by atoms with Crippen LogP contribution in [0.25, 0.3) is 0 Å². The van der Waals surface area contributed by atoms with E-state index in [1.165, 1.54) is 0 Å². The fraction of sp³-hybridized carbons (Fsp3) is 0.958. The molecule has 0 aromatic rings. The molecule has 8 heteroatoms. The van der Waals surface area contributed by atoms with Gasteiger partial charge in [-0.05, 0) is 31.7 Å². The molecule has 1 aliphatic heterocycles. The predicted octanol–water partition coefficient (Wildman–Crippen LogP) is -0.175. The zero-order valence-corrected chi connectivity index (χ0v) is 19.5. The first-order chi connectivity index (χ1) is 15.2. The van der Waals surface area contributed by atoms with Gasteiger partial charge < -0.3 is 29.5 Å². The van der Waals surface area contributed by atoms with Crippen molar-refractivity contribution < 1.29 is 34.3 Å². The van der Waals surface area contributed by atoms with Crippen LogP contribution in [0.5, 0.6) is 0 Å². The fourth-order valence-corrected chi connectivity index (χ4v) is 10.4. The Hall–Kier alpha value is -0.610. The van der Waals surface area contributed by atoms with Crippen molar-refractivity contribution in [1.29, 1.82) is 0 Å². The van der Waals surface area contributed by atoms with E-state index in [0.717, 1.165) is 13.0 Å². The number of rotatable bonds is 5. The number of ketones is 1. The van der Waals surface area contributed by atoms with Crippen LogP contribution < -0.4 is 0 Å². The Morgan fingerprint density at radius 1 is 1.19 bits per heavy atom. The third kappa shape index (κ3) is 1.94. The summed E-state index contributed by atoms with van der Waals surface area (Å²) in [4.78, 5) is 15.9. The lowest BCUT2D eigenvalue weighted by molar-refractivity contribution is -0.299. The number of nitrogens with zero attached hydrogens (tertiary/aromatic N) is 1. The molecule has 8 nitrogen and oxygen atoms in total. The highest BCUT2D eigenvalue weighted by molar-refractivity contribution is 5.90. The van der Waals surface area contributed by atoms with E-state index in [4.69, 9.17) is 14.2 Å². The van der Waals surface area contributed by atoms with Crippen LogP contribution in [0.15, 0.2) is 0 Å². The molecule has 0 amide bonds. The smallest absolute Gasteiger partial charge is 0.144 e. The van der Waals surface area contributed by atoms with Gasteiger partial charge in [-0.2, -0.15) is 0 Å². The molecule has 7 bridgehead atoms. The Kier molecular flexibility index (Phi) is 4.47. The first-order valence-corrected chi connectivity index (χ1v) is 12.2. The SMILES string of the molecule is CCN1C[C@]2(COC)CC[C@H](O)[C@@]34[C@@H]5C[C@H]6C(=O)[C@@H]5[C@](O)(C[C@@H]6OC)[C@](O)([C@@H](OC)[C@H]23)[C@@H]14. The number of aliphatic hydroxyl groups excluding tert-OH is 1. The van der Waals surface area contributed by atoms with Gasteiger partial charge in [0.15, 0.2) is 0 Å². The minimum atomic E-state index is -1.69. The summed E-state index contributed by atoms with van der Waals surface area (Å²) in [7, 11) is 4.87. The Balaban J connectivity index is 1.68. The van der Waals surface area contributed by atoms with Gasteiger partial charge in [-0.1, -0.05) is 6.92 Å². The molecule has 1 saturated heterocycles. The first-order valence-electron chi connectivity index (χ1n) is 12.2. The second kappa shape index (κ2) is 6.53. The first kappa shape index (κ1) is 21.9. The number of hydrogen-bond acceptors (Lipinski definition) is 8. The zero-order valence-electron chi connectivity index (χ0n) is 19.5. The summed E-state index contributed by atoms with van der Waals surface area (Å²) in [5, 5.41) is 37.0. The molecule has 0 radical (unpaired) electrons. The van der Waals surface area contributed by atoms with Crippen molar-refractivity contribution in [1.82, 2.24) is 4.90 Å². The van der Waals surface area contributed by atoms with Crippen molar-refractivity contribution in [2.45, 2.75) is 68.2 Å². The highest BCUT2D eigenvalue weighted by Gasteiger charge is 2.91. The van der Waals surface area contributed by atoms with Crippen LogP contribution in [0.4, 0.5) is 0 Å². The van der Waals surface area contributed by atoms with Gasteiger partial charge in [0.2, 0.25) is 0 Å². The quantitative estimate of drug-likeness (QED) is 0.529. The summed E-state index contributed by atoms with van der Waals surface area (Å²) in [6.07, 6.45) is 0.350. The monoisotopic (exact) mass is 451 g/mol. The van der Waals surface area contributed by atoms with Gasteiger partial charge >= 0.3 is 0 Å². The second-order valence-corrected chi connectivity index (χ2v) is 11.5. The van der Waals surface area contributed by atoms with Crippen molar-refractivity contribution in [3.05, 3.63) is 0 Å². The molecule has 3 N–H and O–H groups in total. The van der Waals surface area contributed by atoms with E-state index in [0.29, 0.717) is 26.0 Å². The van der Waals surface area contributed by atoms with Gasteiger partial charge in [0, 0.05) is 57.0 Å². The minimum absolute atomic E-state index is 0.0129. The number of ether oxygens (including phenoxy) is 3. The third-order valence-corrected chi connectivity index (χ3v) is 11.0. The number of methoxy groups -OCH3 is 3. The van der Waals surface area contributed by atoms with Gasteiger partial charge in [-0.25, -0.2) is 0 Å². The molecule has 1 spiro atoms. The molecule has 5 saturated carbocycles. The van der Waals surface area contributed by atoms with Crippen LogP contribution in [-0.2, 0) is 19.0 Å². The summed E-state index contributed by atoms with van der Waals surface area (Å²) in [5.41, 5.74) is -4.40. The summed E-state index contributed by atoms with van der Waals surface area (Å²) >= 11 is 0. The zero-order chi connectivity index (χ0) is 22.8. The summed E-state index contributed by atoms with van der Waals surface area (Å²) in [6, 6.07) is -0.483. The number of carbonyl (C=O) groups excluding carboxylic acids is 1. The van der Waals surface area contributed by atoms with Crippen molar-refractivity contribution >= 4 is 5.78 Å². The Bertz CT molecular complexity index is 839. The van der Waals surface area contributed by atoms with Crippen LogP contribution in [0.3, 0.4) is 0 Å². The number of piperidine rings is 1. The molecule has 6 aliphatic rings. The maximum atomic E-state index is 13.7. The van der Waals surface area contributed by atoms with Crippen molar-refractivity contribution in [2.24, 2.45) is 34.5 Å². The number of likely N-dealkylation sites (N-methyl/N-ethyl adjacent to an activating group) is 1. The number of hydrogen-bond donors (Lipinski definition) is 3. The van der Waals surface area contributed by atoms with E-state index in [9.17, 15) is 20.1 Å². The van der Waals surface area contributed by atoms with Crippen molar-refractivity contribution in [3.8, 4) is 0 Å². The highest BCUT2D eigenvalue weighted by atomic mass is 16.5. The lowest BCUT2D eigenvalue weighted by Crippen LogP contribution is -2.81. The topological polar surface area (TPSA) is 109 Å². The van der Waals surface area contributed by atoms with Crippen molar-refractivity contribution in [3.63, 3.8) is 0 Å². The lowest BCUT2D eigenvalue weighted by Gasteiger charge is -2.69. The number of fused-ring (bicyclic) bond motifs is 2. The van der Waals surface area contributed by atoms with E-state index in [1.807, 2.05) is 0 Å². The molecule has 32 heavy (non-hydrogen) atoms. The van der Waals surface area contributed by atoms with E-state index >= 15 is 0 Å². The molecule has 180 valence electrons. The highest BCUT2D eigenvalue weighted by Crippen LogP contribution is 2.79. The van der Waals surface area contributed by atoms with E-state index in [2.05, 4.69) is 11.8 Å². The molecule has 0 aromatic heterocycles. The largest absolute Gasteiger partial charge is 0.392 e. The average Bonchev–Trinajstić information content (AvgIpc) is 3.14. The maximum absolute atomic E-state index is 13.7. The van der Waals surface area contributed by atoms with Crippen LogP contribution in [-0.4, -0.2) is 103 Å². The van der Waals surface area contributed by atoms with Gasteiger partial charge in [-0.15, -0.1) is 0 Å². The van der Waals surface area contributed by atoms with E-state index in [-0.39, 0.29) is 35.4 Å².